The Kier molecular flexibility index (Phi) is 4.58. The number of thiophene rings is 1. The van der Waals surface area contributed by atoms with Crippen molar-refractivity contribution in [1.29, 1.82) is 0 Å². The SMILES string of the molecule is Cc1ccc(-c2ccc(C)c(N(C)S(=O)(=O)c3ccc(N)cc3)c2)s1. The third-order valence-electron chi connectivity index (χ3n) is 4.11. The molecule has 1 aromatic heterocycles. The van der Waals surface area contributed by atoms with E-state index in [2.05, 4.69) is 19.1 Å². The van der Waals surface area contributed by atoms with Gasteiger partial charge in [0.05, 0.1) is 10.6 Å². The minimum absolute atomic E-state index is 0.223. The Bertz CT molecular complexity index is 1010. The van der Waals surface area contributed by atoms with E-state index >= 15 is 0 Å². The van der Waals surface area contributed by atoms with Gasteiger partial charge in [0.1, 0.15) is 0 Å². The lowest BCUT2D eigenvalue weighted by atomic mass is 10.1. The van der Waals surface area contributed by atoms with E-state index in [-0.39, 0.29) is 4.90 Å². The Balaban J connectivity index is 2.04. The molecule has 0 saturated carbocycles. The molecule has 0 fully saturated rings. The summed E-state index contributed by atoms with van der Waals surface area (Å²) >= 11 is 1.69. The van der Waals surface area contributed by atoms with E-state index in [1.165, 1.54) is 21.3 Å². The van der Waals surface area contributed by atoms with Crippen molar-refractivity contribution in [3.05, 3.63) is 65.0 Å². The summed E-state index contributed by atoms with van der Waals surface area (Å²) in [6.45, 7) is 3.97. The van der Waals surface area contributed by atoms with Crippen LogP contribution in [0.3, 0.4) is 0 Å². The Hall–Kier alpha value is -2.31. The summed E-state index contributed by atoms with van der Waals surface area (Å²) in [5.74, 6) is 0. The highest BCUT2D eigenvalue weighted by molar-refractivity contribution is 7.92. The maximum atomic E-state index is 12.9. The maximum Gasteiger partial charge on any atom is 0.264 e. The third kappa shape index (κ3) is 3.41. The molecule has 2 N–H and O–H groups in total. The zero-order chi connectivity index (χ0) is 18.2. The molecule has 0 saturated heterocycles. The van der Waals surface area contributed by atoms with Crippen LogP contribution in [0, 0.1) is 13.8 Å². The van der Waals surface area contributed by atoms with E-state index in [0.717, 1.165) is 16.0 Å². The van der Waals surface area contributed by atoms with E-state index in [1.54, 1.807) is 30.5 Å². The van der Waals surface area contributed by atoms with Crippen LogP contribution in [0.4, 0.5) is 11.4 Å². The normalized spacial score (nSPS) is 11.5. The fourth-order valence-electron chi connectivity index (χ4n) is 2.62. The molecule has 6 heteroatoms. The van der Waals surface area contributed by atoms with Gasteiger partial charge in [-0.25, -0.2) is 8.42 Å². The van der Waals surface area contributed by atoms with Gasteiger partial charge in [-0.05, 0) is 67.4 Å². The predicted octanol–water partition coefficient (Wildman–Crippen LogP) is 4.44. The van der Waals surface area contributed by atoms with Gasteiger partial charge in [-0.2, -0.15) is 0 Å². The van der Waals surface area contributed by atoms with E-state index < -0.39 is 10.0 Å². The minimum atomic E-state index is -3.64. The molecule has 0 amide bonds. The molecule has 0 spiro atoms. The van der Waals surface area contributed by atoms with Crippen molar-refractivity contribution in [2.75, 3.05) is 17.1 Å². The van der Waals surface area contributed by atoms with Crippen LogP contribution in [0.15, 0.2) is 59.5 Å². The van der Waals surface area contributed by atoms with Crippen molar-refractivity contribution in [2.24, 2.45) is 0 Å². The number of aryl methyl sites for hydroxylation is 2. The van der Waals surface area contributed by atoms with Crippen molar-refractivity contribution in [1.82, 2.24) is 0 Å². The van der Waals surface area contributed by atoms with Crippen molar-refractivity contribution < 1.29 is 8.42 Å². The number of rotatable bonds is 4. The van der Waals surface area contributed by atoms with Crippen molar-refractivity contribution in [2.45, 2.75) is 18.7 Å². The number of nitrogens with two attached hydrogens (primary N) is 1. The van der Waals surface area contributed by atoms with Crippen LogP contribution < -0.4 is 10.0 Å². The number of hydrogen-bond acceptors (Lipinski definition) is 4. The Labute approximate surface area is 152 Å². The van der Waals surface area contributed by atoms with Crippen LogP contribution in [0.1, 0.15) is 10.4 Å². The summed E-state index contributed by atoms with van der Waals surface area (Å²) in [4.78, 5) is 2.57. The topological polar surface area (TPSA) is 63.4 Å². The van der Waals surface area contributed by atoms with Crippen LogP contribution in [-0.2, 0) is 10.0 Å². The summed E-state index contributed by atoms with van der Waals surface area (Å²) in [6.07, 6.45) is 0. The van der Waals surface area contributed by atoms with Gasteiger partial charge >= 0.3 is 0 Å². The van der Waals surface area contributed by atoms with Crippen LogP contribution in [0.25, 0.3) is 10.4 Å². The molecular formula is C19H20N2O2S2. The number of nitrogens with zero attached hydrogens (tertiary/aromatic N) is 1. The quantitative estimate of drug-likeness (QED) is 0.689. The van der Waals surface area contributed by atoms with E-state index in [1.807, 2.05) is 25.1 Å². The van der Waals surface area contributed by atoms with Gasteiger partial charge in [-0.15, -0.1) is 11.3 Å². The molecular weight excluding hydrogens is 352 g/mol. The lowest BCUT2D eigenvalue weighted by molar-refractivity contribution is 0.594. The summed E-state index contributed by atoms with van der Waals surface area (Å²) < 4.78 is 27.2. The third-order valence-corrected chi connectivity index (χ3v) is 6.95. The highest BCUT2D eigenvalue weighted by Crippen LogP contribution is 2.33. The molecule has 3 aromatic rings. The largest absolute Gasteiger partial charge is 0.399 e. The second-order valence-corrected chi connectivity index (χ2v) is 9.21. The molecule has 2 aromatic carbocycles. The molecule has 0 aliphatic carbocycles. The molecule has 0 atom stereocenters. The second-order valence-electron chi connectivity index (χ2n) is 5.95. The van der Waals surface area contributed by atoms with Gasteiger partial charge < -0.3 is 5.73 Å². The first-order valence-corrected chi connectivity index (χ1v) is 10.1. The molecule has 0 unspecified atom stereocenters. The lowest BCUT2D eigenvalue weighted by Gasteiger charge is -2.22. The van der Waals surface area contributed by atoms with E-state index in [9.17, 15) is 8.42 Å². The fourth-order valence-corrected chi connectivity index (χ4v) is 4.73. The van der Waals surface area contributed by atoms with Crippen LogP contribution in [-0.4, -0.2) is 15.5 Å². The van der Waals surface area contributed by atoms with E-state index in [0.29, 0.717) is 11.4 Å². The first kappa shape index (κ1) is 17.5. The van der Waals surface area contributed by atoms with Gasteiger partial charge in [0.2, 0.25) is 0 Å². The van der Waals surface area contributed by atoms with Crippen molar-refractivity contribution in [3.8, 4) is 10.4 Å². The smallest absolute Gasteiger partial charge is 0.264 e. The molecule has 0 bridgehead atoms. The Morgan fingerprint density at radius 3 is 2.24 bits per heavy atom. The molecule has 1 heterocycles. The Morgan fingerprint density at radius 1 is 0.960 bits per heavy atom. The van der Waals surface area contributed by atoms with Gasteiger partial charge in [0, 0.05) is 22.5 Å². The summed E-state index contributed by atoms with van der Waals surface area (Å²) in [7, 11) is -2.06. The summed E-state index contributed by atoms with van der Waals surface area (Å²) in [6, 6.07) is 16.3. The molecule has 0 aliphatic heterocycles. The molecule has 4 nitrogen and oxygen atoms in total. The average molecular weight is 373 g/mol. The molecule has 3 rings (SSSR count). The highest BCUT2D eigenvalue weighted by atomic mass is 32.2. The van der Waals surface area contributed by atoms with Gasteiger partial charge in [0.25, 0.3) is 10.0 Å². The average Bonchev–Trinajstić information content (AvgIpc) is 3.01. The maximum absolute atomic E-state index is 12.9. The zero-order valence-corrected chi connectivity index (χ0v) is 16.0. The first-order chi connectivity index (χ1) is 11.8. The van der Waals surface area contributed by atoms with Crippen LogP contribution in [0.5, 0.6) is 0 Å². The lowest BCUT2D eigenvalue weighted by Crippen LogP contribution is -2.27. The van der Waals surface area contributed by atoms with Gasteiger partial charge in [-0.3, -0.25) is 4.31 Å². The second kappa shape index (κ2) is 6.54. The van der Waals surface area contributed by atoms with Crippen molar-refractivity contribution >= 4 is 32.7 Å². The first-order valence-electron chi connectivity index (χ1n) is 7.81. The fraction of sp³-hybridized carbons (Fsp3) is 0.158. The van der Waals surface area contributed by atoms with Gasteiger partial charge in [-0.1, -0.05) is 12.1 Å². The molecule has 130 valence electrons. The zero-order valence-electron chi connectivity index (χ0n) is 14.4. The number of anilines is 2. The van der Waals surface area contributed by atoms with Crippen LogP contribution >= 0.6 is 11.3 Å². The van der Waals surface area contributed by atoms with Crippen molar-refractivity contribution in [3.63, 3.8) is 0 Å². The standard InChI is InChI=1S/C19H20N2O2S2/c1-13-4-6-15(19-11-5-14(2)24-19)12-18(13)21(3)25(22,23)17-9-7-16(20)8-10-17/h4-12H,20H2,1-3H3. The predicted molar refractivity (Wildman–Crippen MR) is 106 cm³/mol. The summed E-state index contributed by atoms with van der Waals surface area (Å²) in [5, 5.41) is 0. The monoisotopic (exact) mass is 372 g/mol. The van der Waals surface area contributed by atoms with E-state index in [4.69, 9.17) is 5.73 Å². The van der Waals surface area contributed by atoms with Gasteiger partial charge in [0.15, 0.2) is 0 Å². The summed E-state index contributed by atoms with van der Waals surface area (Å²) in [5.41, 5.74) is 8.78. The highest BCUT2D eigenvalue weighted by Gasteiger charge is 2.23. The number of benzene rings is 2. The van der Waals surface area contributed by atoms with Crippen LogP contribution in [0.2, 0.25) is 0 Å². The number of nitrogen functional groups attached to an aromatic ring is 1. The molecule has 0 radical (unpaired) electrons. The molecule has 0 aliphatic rings. The Morgan fingerprint density at radius 2 is 1.64 bits per heavy atom. The number of hydrogen-bond donors (Lipinski definition) is 1. The number of sulfonamides is 1. The molecule has 25 heavy (non-hydrogen) atoms. The minimum Gasteiger partial charge on any atom is -0.399 e.